The Kier molecular flexibility index (Phi) is 3.38. The molecule has 0 fully saturated rings. The zero-order valence-electron chi connectivity index (χ0n) is 13.1. The van der Waals surface area contributed by atoms with E-state index in [2.05, 4.69) is 9.97 Å². The van der Waals surface area contributed by atoms with Crippen LogP contribution in [0.4, 0.5) is 13.2 Å². The molecule has 0 atom stereocenters. The van der Waals surface area contributed by atoms with Crippen LogP contribution in [0.25, 0.3) is 28.4 Å². The molecule has 0 aliphatic heterocycles. The third kappa shape index (κ3) is 2.77. The topological polar surface area (TPSA) is 43.3 Å². The van der Waals surface area contributed by atoms with E-state index in [1.807, 2.05) is 35.0 Å². The maximum atomic E-state index is 12.8. The molecule has 0 spiro atoms. The molecular formula is C18H12F3N3O. The van der Waals surface area contributed by atoms with Gasteiger partial charge in [-0.1, -0.05) is 18.2 Å². The van der Waals surface area contributed by atoms with Gasteiger partial charge in [0.1, 0.15) is 5.65 Å². The van der Waals surface area contributed by atoms with Crippen molar-refractivity contribution in [2.45, 2.75) is 13.1 Å². The van der Waals surface area contributed by atoms with Gasteiger partial charge in [0.25, 0.3) is 0 Å². The van der Waals surface area contributed by atoms with Crippen molar-refractivity contribution in [1.29, 1.82) is 0 Å². The van der Waals surface area contributed by atoms with Crippen molar-refractivity contribution in [3.8, 4) is 22.7 Å². The van der Waals surface area contributed by atoms with E-state index in [4.69, 9.17) is 4.42 Å². The minimum absolute atomic E-state index is 0.0497. The molecule has 3 aromatic heterocycles. The first kappa shape index (κ1) is 15.4. The van der Waals surface area contributed by atoms with Crippen molar-refractivity contribution < 1.29 is 17.6 Å². The fourth-order valence-electron chi connectivity index (χ4n) is 2.64. The third-order valence-corrected chi connectivity index (χ3v) is 3.85. The van der Waals surface area contributed by atoms with E-state index in [9.17, 15) is 13.2 Å². The maximum Gasteiger partial charge on any atom is 0.451 e. The van der Waals surface area contributed by atoms with Gasteiger partial charge in [-0.25, -0.2) is 9.97 Å². The highest BCUT2D eigenvalue weighted by molar-refractivity contribution is 5.66. The van der Waals surface area contributed by atoms with Crippen LogP contribution in [0.2, 0.25) is 0 Å². The average Bonchev–Trinajstić information content (AvgIpc) is 3.18. The van der Waals surface area contributed by atoms with Crippen LogP contribution >= 0.6 is 0 Å². The van der Waals surface area contributed by atoms with Gasteiger partial charge in [0.15, 0.2) is 0 Å². The number of alkyl halides is 3. The smallest absolute Gasteiger partial charge is 0.431 e. The molecule has 0 unspecified atom stereocenters. The monoisotopic (exact) mass is 343 g/mol. The van der Waals surface area contributed by atoms with Crippen LogP contribution in [0.15, 0.2) is 59.3 Å². The van der Waals surface area contributed by atoms with Gasteiger partial charge >= 0.3 is 6.18 Å². The number of hydrogen-bond donors (Lipinski definition) is 0. The molecule has 4 nitrogen and oxygen atoms in total. The molecule has 4 rings (SSSR count). The molecule has 0 aliphatic carbocycles. The highest BCUT2D eigenvalue weighted by atomic mass is 19.4. The second-order valence-electron chi connectivity index (χ2n) is 5.60. The van der Waals surface area contributed by atoms with Crippen molar-refractivity contribution >= 4 is 5.65 Å². The van der Waals surface area contributed by atoms with Crippen molar-refractivity contribution in [1.82, 2.24) is 14.4 Å². The second kappa shape index (κ2) is 5.47. The molecule has 3 heterocycles. The number of pyridine rings is 1. The van der Waals surface area contributed by atoms with Crippen LogP contribution in [-0.2, 0) is 6.18 Å². The largest absolute Gasteiger partial charge is 0.451 e. The molecule has 126 valence electrons. The molecule has 0 N–H and O–H groups in total. The van der Waals surface area contributed by atoms with Gasteiger partial charge in [0, 0.05) is 23.5 Å². The zero-order chi connectivity index (χ0) is 17.6. The van der Waals surface area contributed by atoms with Crippen LogP contribution in [0.1, 0.15) is 11.5 Å². The number of nitrogens with zero attached hydrogens (tertiary/aromatic N) is 3. The van der Waals surface area contributed by atoms with E-state index in [1.165, 1.54) is 6.92 Å². The minimum atomic E-state index is -4.55. The Bertz CT molecular complexity index is 1010. The molecule has 0 aliphatic rings. The van der Waals surface area contributed by atoms with Gasteiger partial charge in [-0.2, -0.15) is 13.2 Å². The number of imidazole rings is 1. The molecule has 0 saturated carbocycles. The number of rotatable bonds is 2. The van der Waals surface area contributed by atoms with Gasteiger partial charge in [-0.15, -0.1) is 0 Å². The first-order valence-corrected chi connectivity index (χ1v) is 7.51. The standard InChI is InChI=1S/C18H12F3N3O/c1-11-16(18(19,20)21)25-17(22-11)13-7-5-12(6-8-13)14-10-24-9-3-2-4-15(24)23-14/h2-10H,1H3. The lowest BCUT2D eigenvalue weighted by Crippen LogP contribution is -2.04. The van der Waals surface area contributed by atoms with E-state index in [0.29, 0.717) is 5.56 Å². The van der Waals surface area contributed by atoms with Crippen LogP contribution in [0.5, 0.6) is 0 Å². The van der Waals surface area contributed by atoms with Crippen molar-refractivity contribution in [3.05, 3.63) is 66.3 Å². The zero-order valence-corrected chi connectivity index (χ0v) is 13.1. The Morgan fingerprint density at radius 1 is 0.960 bits per heavy atom. The number of fused-ring (bicyclic) bond motifs is 1. The number of halogens is 3. The molecule has 7 heteroatoms. The summed E-state index contributed by atoms with van der Waals surface area (Å²) < 4.78 is 45.3. The maximum absolute atomic E-state index is 12.8. The molecule has 4 aromatic rings. The quantitative estimate of drug-likeness (QED) is 0.515. The summed E-state index contributed by atoms with van der Waals surface area (Å²) in [6.07, 6.45) is -0.762. The predicted molar refractivity (Wildman–Crippen MR) is 85.9 cm³/mol. The molecular weight excluding hydrogens is 331 g/mol. The fourth-order valence-corrected chi connectivity index (χ4v) is 2.64. The van der Waals surface area contributed by atoms with Gasteiger partial charge in [0.2, 0.25) is 11.7 Å². The Morgan fingerprint density at radius 3 is 2.32 bits per heavy atom. The first-order chi connectivity index (χ1) is 11.9. The lowest BCUT2D eigenvalue weighted by Gasteiger charge is -2.01. The van der Waals surface area contributed by atoms with Crippen molar-refractivity contribution in [3.63, 3.8) is 0 Å². The second-order valence-corrected chi connectivity index (χ2v) is 5.60. The van der Waals surface area contributed by atoms with Crippen LogP contribution < -0.4 is 0 Å². The summed E-state index contributed by atoms with van der Waals surface area (Å²) in [5, 5.41) is 0. The lowest BCUT2D eigenvalue weighted by atomic mass is 10.1. The van der Waals surface area contributed by atoms with Crippen LogP contribution in [-0.4, -0.2) is 14.4 Å². The highest BCUT2D eigenvalue weighted by Crippen LogP contribution is 2.35. The fraction of sp³-hybridized carbons (Fsp3) is 0.111. The molecule has 25 heavy (non-hydrogen) atoms. The van der Waals surface area contributed by atoms with Gasteiger partial charge in [-0.05, 0) is 31.2 Å². The summed E-state index contributed by atoms with van der Waals surface area (Å²) >= 11 is 0. The van der Waals surface area contributed by atoms with Crippen molar-refractivity contribution in [2.75, 3.05) is 0 Å². The summed E-state index contributed by atoms with van der Waals surface area (Å²) in [6, 6.07) is 12.6. The Balaban J connectivity index is 1.68. The van der Waals surface area contributed by atoms with E-state index >= 15 is 0 Å². The Labute approximate surface area is 140 Å². The van der Waals surface area contributed by atoms with Gasteiger partial charge in [-0.3, -0.25) is 0 Å². The van der Waals surface area contributed by atoms with Crippen molar-refractivity contribution in [2.24, 2.45) is 0 Å². The molecule has 0 saturated heterocycles. The summed E-state index contributed by atoms with van der Waals surface area (Å²) in [5.41, 5.74) is 2.75. The SMILES string of the molecule is Cc1nc(-c2ccc(-c3cn4ccccc4n3)cc2)oc1C(F)(F)F. The predicted octanol–water partition coefficient (Wildman–Crippen LogP) is 4.98. The van der Waals surface area contributed by atoms with Crippen LogP contribution in [0.3, 0.4) is 0 Å². The average molecular weight is 343 g/mol. The molecule has 0 bridgehead atoms. The number of aryl methyl sites for hydroxylation is 1. The normalized spacial score (nSPS) is 12.0. The Morgan fingerprint density at radius 2 is 1.68 bits per heavy atom. The van der Waals surface area contributed by atoms with E-state index < -0.39 is 11.9 Å². The van der Waals surface area contributed by atoms with E-state index in [0.717, 1.165) is 16.9 Å². The lowest BCUT2D eigenvalue weighted by molar-refractivity contribution is -0.153. The number of benzene rings is 1. The van der Waals surface area contributed by atoms with Crippen LogP contribution in [0, 0.1) is 6.92 Å². The Hall–Kier alpha value is -3.09. The molecule has 0 radical (unpaired) electrons. The minimum Gasteiger partial charge on any atom is -0.431 e. The third-order valence-electron chi connectivity index (χ3n) is 3.85. The van der Waals surface area contributed by atoms with Gasteiger partial charge in [0.05, 0.1) is 11.4 Å². The van der Waals surface area contributed by atoms with E-state index in [1.54, 1.807) is 24.3 Å². The number of aromatic nitrogens is 3. The van der Waals surface area contributed by atoms with E-state index in [-0.39, 0.29) is 11.6 Å². The summed E-state index contributed by atoms with van der Waals surface area (Å²) in [5.74, 6) is -1.11. The summed E-state index contributed by atoms with van der Waals surface area (Å²) in [7, 11) is 0. The summed E-state index contributed by atoms with van der Waals surface area (Å²) in [4.78, 5) is 8.39. The summed E-state index contributed by atoms with van der Waals surface area (Å²) in [6.45, 7) is 1.28. The number of oxazole rings is 1. The molecule has 0 amide bonds. The highest BCUT2D eigenvalue weighted by Gasteiger charge is 2.38. The van der Waals surface area contributed by atoms with Gasteiger partial charge < -0.3 is 8.82 Å². The molecule has 1 aromatic carbocycles. The first-order valence-electron chi connectivity index (χ1n) is 7.51. The number of hydrogen-bond acceptors (Lipinski definition) is 3.